The van der Waals surface area contributed by atoms with Crippen LogP contribution in [0.2, 0.25) is 5.02 Å². The van der Waals surface area contributed by atoms with Crippen molar-refractivity contribution < 1.29 is 18.3 Å². The summed E-state index contributed by atoms with van der Waals surface area (Å²) in [6, 6.07) is 5.75. The molecule has 0 radical (unpaired) electrons. The molecule has 112 valence electrons. The lowest BCUT2D eigenvalue weighted by atomic mass is 10.2. The number of hydrogen-bond acceptors (Lipinski definition) is 4. The Morgan fingerprint density at radius 2 is 2.14 bits per heavy atom. The van der Waals surface area contributed by atoms with Crippen molar-refractivity contribution in [3.8, 4) is 0 Å². The molecule has 1 fully saturated rings. The van der Waals surface area contributed by atoms with Crippen LogP contribution in [-0.4, -0.2) is 36.4 Å². The van der Waals surface area contributed by atoms with Gasteiger partial charge in [-0.25, -0.2) is 8.42 Å². The number of hydrogen-bond donors (Lipinski definition) is 1. The van der Waals surface area contributed by atoms with E-state index in [1.54, 1.807) is 24.3 Å². The van der Waals surface area contributed by atoms with Crippen LogP contribution in [0.5, 0.6) is 0 Å². The van der Waals surface area contributed by atoms with Crippen molar-refractivity contribution in [2.75, 3.05) is 6.54 Å². The third-order valence-corrected chi connectivity index (χ3v) is 7.22. The maximum atomic E-state index is 12.6. The Kier molecular flexibility index (Phi) is 3.69. The SMILES string of the molecule is O=C(O)[C@H]1CCCN1S(=O)(=O)c1cc2cc(Cl)ccc2s1. The first-order chi connectivity index (χ1) is 9.89. The quantitative estimate of drug-likeness (QED) is 0.928. The molecule has 2 heterocycles. The zero-order chi connectivity index (χ0) is 15.2. The van der Waals surface area contributed by atoms with E-state index >= 15 is 0 Å². The number of rotatable bonds is 3. The fourth-order valence-corrected chi connectivity index (χ4v) is 5.85. The van der Waals surface area contributed by atoms with Crippen LogP contribution in [0.1, 0.15) is 12.8 Å². The highest BCUT2D eigenvalue weighted by Gasteiger charge is 2.40. The number of carbonyl (C=O) groups is 1. The lowest BCUT2D eigenvalue weighted by Gasteiger charge is -2.19. The fraction of sp³-hybridized carbons (Fsp3) is 0.308. The number of nitrogens with zero attached hydrogens (tertiary/aromatic N) is 1. The van der Waals surface area contributed by atoms with Gasteiger partial charge in [0.15, 0.2) is 0 Å². The minimum Gasteiger partial charge on any atom is -0.480 e. The highest BCUT2D eigenvalue weighted by Crippen LogP contribution is 2.35. The predicted molar refractivity (Wildman–Crippen MR) is 81.4 cm³/mol. The average molecular weight is 346 g/mol. The molecule has 1 aliphatic heterocycles. The van der Waals surface area contributed by atoms with Gasteiger partial charge >= 0.3 is 5.97 Å². The second-order valence-electron chi connectivity index (χ2n) is 4.86. The number of aliphatic carboxylic acids is 1. The van der Waals surface area contributed by atoms with Gasteiger partial charge in [-0.3, -0.25) is 4.79 Å². The van der Waals surface area contributed by atoms with E-state index in [2.05, 4.69) is 0 Å². The largest absolute Gasteiger partial charge is 0.480 e. The van der Waals surface area contributed by atoms with E-state index in [0.29, 0.717) is 17.9 Å². The zero-order valence-corrected chi connectivity index (χ0v) is 13.2. The van der Waals surface area contributed by atoms with Crippen LogP contribution in [0.25, 0.3) is 10.1 Å². The van der Waals surface area contributed by atoms with E-state index in [1.807, 2.05) is 0 Å². The average Bonchev–Trinajstić information content (AvgIpc) is 3.04. The molecule has 0 spiro atoms. The first-order valence-electron chi connectivity index (χ1n) is 6.33. The maximum absolute atomic E-state index is 12.6. The summed E-state index contributed by atoms with van der Waals surface area (Å²) in [5.74, 6) is -1.10. The number of carboxylic acid groups (broad SMARTS) is 1. The molecule has 0 unspecified atom stereocenters. The molecular formula is C13H12ClNO4S2. The van der Waals surface area contributed by atoms with Gasteiger partial charge in [0.1, 0.15) is 10.3 Å². The van der Waals surface area contributed by atoms with Gasteiger partial charge in [0.05, 0.1) is 0 Å². The third-order valence-electron chi connectivity index (χ3n) is 3.51. The predicted octanol–water partition coefficient (Wildman–Crippen LogP) is 2.79. The Morgan fingerprint density at radius 1 is 1.38 bits per heavy atom. The summed E-state index contributed by atoms with van der Waals surface area (Å²) in [5.41, 5.74) is 0. The van der Waals surface area contributed by atoms with E-state index in [1.165, 1.54) is 0 Å². The summed E-state index contributed by atoms with van der Waals surface area (Å²) < 4.78 is 27.3. The van der Waals surface area contributed by atoms with Gasteiger partial charge in [-0.2, -0.15) is 4.31 Å². The standard InChI is InChI=1S/C13H12ClNO4S2/c14-9-3-4-11-8(6-9)7-12(20-11)21(18,19)15-5-1-2-10(15)13(16)17/h3-4,6-7,10H,1-2,5H2,(H,16,17)/t10-/m1/s1. The molecule has 1 N–H and O–H groups in total. The summed E-state index contributed by atoms with van der Waals surface area (Å²) >= 11 is 7.03. The Bertz CT molecular complexity index is 815. The Balaban J connectivity index is 2.05. The summed E-state index contributed by atoms with van der Waals surface area (Å²) in [7, 11) is -3.78. The van der Waals surface area contributed by atoms with Crippen LogP contribution in [0.3, 0.4) is 0 Å². The van der Waals surface area contributed by atoms with Gasteiger partial charge in [0.25, 0.3) is 10.0 Å². The van der Waals surface area contributed by atoms with E-state index in [-0.39, 0.29) is 10.8 Å². The Morgan fingerprint density at radius 3 is 2.86 bits per heavy atom. The number of sulfonamides is 1. The molecule has 0 bridgehead atoms. The lowest BCUT2D eigenvalue weighted by Crippen LogP contribution is -2.40. The Hall–Kier alpha value is -1.15. The molecule has 2 aromatic rings. The van der Waals surface area contributed by atoms with E-state index in [9.17, 15) is 13.2 Å². The van der Waals surface area contributed by atoms with Crippen molar-refractivity contribution in [2.24, 2.45) is 0 Å². The molecule has 0 amide bonds. The highest BCUT2D eigenvalue weighted by molar-refractivity contribution is 7.91. The van der Waals surface area contributed by atoms with E-state index < -0.39 is 22.0 Å². The number of benzene rings is 1. The van der Waals surface area contributed by atoms with Crippen LogP contribution in [-0.2, 0) is 14.8 Å². The summed E-state index contributed by atoms with van der Waals surface area (Å²) in [4.78, 5) is 11.2. The second kappa shape index (κ2) is 5.24. The van der Waals surface area contributed by atoms with Crippen molar-refractivity contribution in [3.63, 3.8) is 0 Å². The molecule has 0 saturated carbocycles. The van der Waals surface area contributed by atoms with Gasteiger partial charge in [0, 0.05) is 16.3 Å². The lowest BCUT2D eigenvalue weighted by molar-refractivity contribution is -0.140. The monoisotopic (exact) mass is 345 g/mol. The van der Waals surface area contributed by atoms with Crippen molar-refractivity contribution in [1.82, 2.24) is 4.31 Å². The maximum Gasteiger partial charge on any atom is 0.322 e. The molecule has 3 rings (SSSR count). The van der Waals surface area contributed by atoms with Crippen LogP contribution in [0.4, 0.5) is 0 Å². The number of thiophene rings is 1. The van der Waals surface area contributed by atoms with Crippen LogP contribution < -0.4 is 0 Å². The molecule has 1 saturated heterocycles. The van der Waals surface area contributed by atoms with Gasteiger partial charge < -0.3 is 5.11 Å². The molecule has 1 atom stereocenters. The van der Waals surface area contributed by atoms with Gasteiger partial charge in [0.2, 0.25) is 0 Å². The first kappa shape index (κ1) is 14.8. The van der Waals surface area contributed by atoms with E-state index in [4.69, 9.17) is 16.7 Å². The molecule has 5 nitrogen and oxygen atoms in total. The number of fused-ring (bicyclic) bond motifs is 1. The summed E-state index contributed by atoms with van der Waals surface area (Å²) in [5, 5.41) is 10.4. The van der Waals surface area contributed by atoms with Crippen LogP contribution >= 0.6 is 22.9 Å². The summed E-state index contributed by atoms with van der Waals surface area (Å²) in [6.45, 7) is 0.244. The number of carboxylic acids is 1. The fourth-order valence-electron chi connectivity index (χ4n) is 2.51. The molecule has 1 aromatic heterocycles. The first-order valence-corrected chi connectivity index (χ1v) is 8.97. The summed E-state index contributed by atoms with van der Waals surface area (Å²) in [6.07, 6.45) is 0.915. The van der Waals surface area contributed by atoms with Gasteiger partial charge in [-0.1, -0.05) is 11.6 Å². The molecule has 21 heavy (non-hydrogen) atoms. The molecule has 1 aliphatic rings. The topological polar surface area (TPSA) is 74.7 Å². The van der Waals surface area contributed by atoms with Crippen molar-refractivity contribution >= 4 is 49.0 Å². The van der Waals surface area contributed by atoms with Crippen molar-refractivity contribution in [1.29, 1.82) is 0 Å². The van der Waals surface area contributed by atoms with E-state index in [0.717, 1.165) is 25.7 Å². The van der Waals surface area contributed by atoms with Gasteiger partial charge in [-0.15, -0.1) is 11.3 Å². The third kappa shape index (κ3) is 2.55. The van der Waals surface area contributed by atoms with Crippen molar-refractivity contribution in [3.05, 3.63) is 29.3 Å². The molecule has 8 heteroatoms. The molecular weight excluding hydrogens is 334 g/mol. The van der Waals surface area contributed by atoms with Crippen LogP contribution in [0.15, 0.2) is 28.5 Å². The van der Waals surface area contributed by atoms with Crippen molar-refractivity contribution in [2.45, 2.75) is 23.1 Å². The second-order valence-corrected chi connectivity index (χ2v) is 8.50. The smallest absolute Gasteiger partial charge is 0.322 e. The van der Waals surface area contributed by atoms with Crippen LogP contribution in [0, 0.1) is 0 Å². The zero-order valence-electron chi connectivity index (χ0n) is 10.8. The highest BCUT2D eigenvalue weighted by atomic mass is 35.5. The van der Waals surface area contributed by atoms with Gasteiger partial charge in [-0.05, 0) is 42.5 Å². The normalized spacial score (nSPS) is 20.1. The molecule has 0 aliphatic carbocycles. The Labute approximate surface area is 130 Å². The number of halogens is 1. The minimum atomic E-state index is -3.78. The minimum absolute atomic E-state index is 0.160. The molecule has 1 aromatic carbocycles.